The van der Waals surface area contributed by atoms with Gasteiger partial charge in [0.05, 0.1) is 12.1 Å². The van der Waals surface area contributed by atoms with Crippen molar-refractivity contribution >= 4 is 33.8 Å². The Hall–Kier alpha value is -1.24. The van der Waals surface area contributed by atoms with Crippen LogP contribution in [0, 0.1) is 0 Å². The summed E-state index contributed by atoms with van der Waals surface area (Å²) in [6.07, 6.45) is 5.32. The van der Waals surface area contributed by atoms with Crippen LogP contribution in [0.25, 0.3) is 0 Å². The Kier molecular flexibility index (Phi) is 9.18. The molecule has 1 rings (SSSR count). The Morgan fingerprint density at radius 2 is 1.92 bits per heavy atom. The van der Waals surface area contributed by atoms with E-state index >= 15 is 0 Å². The van der Waals surface area contributed by atoms with E-state index < -0.39 is 12.1 Å². The summed E-state index contributed by atoms with van der Waals surface area (Å²) in [5.74, 6) is -0.113. The van der Waals surface area contributed by atoms with Crippen molar-refractivity contribution in [2.75, 3.05) is 19.6 Å². The third-order valence-corrected chi connectivity index (χ3v) is 5.75. The maximum atomic E-state index is 12.8. The van der Waals surface area contributed by atoms with E-state index in [1.54, 1.807) is 18.0 Å². The number of aliphatic imine (C=N–C) groups is 1. The van der Waals surface area contributed by atoms with Gasteiger partial charge in [-0.25, -0.2) is 0 Å². The van der Waals surface area contributed by atoms with Crippen LogP contribution in [-0.4, -0.2) is 51.9 Å². The summed E-state index contributed by atoms with van der Waals surface area (Å²) in [5.41, 5.74) is 0.794. The number of aliphatic hydroxyl groups is 1. The van der Waals surface area contributed by atoms with Crippen LogP contribution in [0.1, 0.15) is 25.0 Å². The van der Waals surface area contributed by atoms with E-state index in [9.17, 15) is 9.90 Å². The van der Waals surface area contributed by atoms with Crippen LogP contribution in [0.4, 0.5) is 0 Å². The molecule has 0 aliphatic heterocycles. The maximum absolute atomic E-state index is 12.8. The van der Waals surface area contributed by atoms with Gasteiger partial charge >= 0.3 is 0 Å². The van der Waals surface area contributed by atoms with E-state index in [1.807, 2.05) is 49.8 Å². The Morgan fingerprint density at radius 1 is 1.33 bits per heavy atom. The second kappa shape index (κ2) is 10.6. The predicted octanol–water partition coefficient (Wildman–Crippen LogP) is 3.59. The third kappa shape index (κ3) is 5.69. The van der Waals surface area contributed by atoms with Crippen LogP contribution < -0.4 is 0 Å². The van der Waals surface area contributed by atoms with Gasteiger partial charge in [0.1, 0.15) is 10.4 Å². The molecule has 0 saturated heterocycles. The lowest BCUT2D eigenvalue weighted by Gasteiger charge is -2.31. The molecular formula is C18H26N2O2S2. The first kappa shape index (κ1) is 20.8. The van der Waals surface area contributed by atoms with Crippen LogP contribution in [0.3, 0.4) is 0 Å². The number of carbonyl (C=O) groups is 1. The molecule has 1 aromatic carbocycles. The summed E-state index contributed by atoms with van der Waals surface area (Å²) < 4.78 is 0.861. The average Bonchev–Trinajstić information content (AvgIpc) is 2.63. The number of hydrogen-bond acceptors (Lipinski definition) is 5. The van der Waals surface area contributed by atoms with Crippen molar-refractivity contribution in [3.63, 3.8) is 0 Å². The van der Waals surface area contributed by atoms with Crippen LogP contribution in [0.5, 0.6) is 0 Å². The van der Waals surface area contributed by atoms with Gasteiger partial charge in [0.2, 0.25) is 5.91 Å². The van der Waals surface area contributed by atoms with Gasteiger partial charge in [-0.15, -0.1) is 30.1 Å². The molecule has 6 heteroatoms. The van der Waals surface area contributed by atoms with Crippen molar-refractivity contribution in [1.82, 2.24) is 4.90 Å². The zero-order chi connectivity index (χ0) is 18.1. The molecule has 4 nitrogen and oxygen atoms in total. The van der Waals surface area contributed by atoms with Crippen molar-refractivity contribution in [2.24, 2.45) is 4.99 Å². The zero-order valence-corrected chi connectivity index (χ0v) is 16.3. The van der Waals surface area contributed by atoms with Crippen LogP contribution >= 0.6 is 23.5 Å². The van der Waals surface area contributed by atoms with Crippen molar-refractivity contribution in [3.05, 3.63) is 48.6 Å². The first-order valence-corrected chi connectivity index (χ1v) is 10.2. The third-order valence-electron chi connectivity index (χ3n) is 3.84. The Morgan fingerprint density at radius 3 is 2.42 bits per heavy atom. The van der Waals surface area contributed by atoms with E-state index in [0.717, 1.165) is 9.94 Å². The maximum Gasteiger partial charge on any atom is 0.247 e. The average molecular weight is 367 g/mol. The normalized spacial score (nSPS) is 14.4. The highest BCUT2D eigenvalue weighted by atomic mass is 32.2. The number of carbonyl (C=O) groups excluding carboxylic acids is 1. The van der Waals surface area contributed by atoms with E-state index in [0.29, 0.717) is 6.42 Å². The van der Waals surface area contributed by atoms with Gasteiger partial charge in [0, 0.05) is 7.05 Å². The number of amides is 1. The fourth-order valence-electron chi connectivity index (χ4n) is 2.26. The lowest BCUT2D eigenvalue weighted by atomic mass is 10.0. The highest BCUT2D eigenvalue weighted by Gasteiger charge is 2.28. The lowest BCUT2D eigenvalue weighted by Crippen LogP contribution is -2.43. The molecule has 0 bridgehead atoms. The minimum absolute atomic E-state index is 0.113. The Balaban J connectivity index is 2.92. The summed E-state index contributed by atoms with van der Waals surface area (Å²) in [7, 11) is 1.71. The summed E-state index contributed by atoms with van der Waals surface area (Å²) in [6.45, 7) is 5.57. The summed E-state index contributed by atoms with van der Waals surface area (Å²) >= 11 is 3.05. The second-order valence-electron chi connectivity index (χ2n) is 5.39. The fraction of sp³-hybridized carbons (Fsp3) is 0.444. The molecule has 0 saturated carbocycles. The van der Waals surface area contributed by atoms with Gasteiger partial charge < -0.3 is 10.0 Å². The van der Waals surface area contributed by atoms with Crippen molar-refractivity contribution in [2.45, 2.75) is 31.5 Å². The highest BCUT2D eigenvalue weighted by molar-refractivity contribution is 8.38. The summed E-state index contributed by atoms with van der Waals surface area (Å²) in [5, 5.41) is 10.5. The minimum atomic E-state index is -0.742. The SMILES string of the molecule is C=CC[C@@H](N=C(SC)SC)C(=O)N(C)[C@@H](C)[C@@H](O)c1ccccc1. The quantitative estimate of drug-likeness (QED) is 0.455. The number of aliphatic hydroxyl groups excluding tert-OH is 1. The largest absolute Gasteiger partial charge is 0.386 e. The molecule has 0 unspecified atom stereocenters. The first-order valence-electron chi connectivity index (χ1n) is 7.72. The molecule has 0 spiro atoms. The van der Waals surface area contributed by atoms with Gasteiger partial charge in [-0.1, -0.05) is 36.4 Å². The Labute approximate surface area is 153 Å². The molecule has 1 amide bonds. The van der Waals surface area contributed by atoms with Gasteiger partial charge in [-0.05, 0) is 31.4 Å². The monoisotopic (exact) mass is 366 g/mol. The van der Waals surface area contributed by atoms with E-state index in [2.05, 4.69) is 11.6 Å². The van der Waals surface area contributed by atoms with E-state index in [-0.39, 0.29) is 11.9 Å². The highest BCUT2D eigenvalue weighted by Crippen LogP contribution is 2.22. The summed E-state index contributed by atoms with van der Waals surface area (Å²) in [6, 6.07) is 8.51. The number of likely N-dealkylation sites (N-methyl/N-ethyl adjacent to an activating group) is 1. The summed E-state index contributed by atoms with van der Waals surface area (Å²) in [4.78, 5) is 18.9. The van der Waals surface area contributed by atoms with Crippen LogP contribution in [-0.2, 0) is 4.79 Å². The first-order chi connectivity index (χ1) is 11.5. The van der Waals surface area contributed by atoms with Crippen molar-refractivity contribution in [1.29, 1.82) is 0 Å². The molecule has 0 aliphatic rings. The fourth-order valence-corrected chi connectivity index (χ4v) is 3.39. The molecule has 3 atom stereocenters. The van der Waals surface area contributed by atoms with E-state index in [1.165, 1.54) is 23.5 Å². The lowest BCUT2D eigenvalue weighted by molar-refractivity contribution is -0.135. The number of nitrogens with zero attached hydrogens (tertiary/aromatic N) is 2. The van der Waals surface area contributed by atoms with Gasteiger partial charge in [-0.3, -0.25) is 9.79 Å². The van der Waals surface area contributed by atoms with E-state index in [4.69, 9.17) is 0 Å². The number of hydrogen-bond donors (Lipinski definition) is 1. The molecule has 0 radical (unpaired) electrons. The number of thioether (sulfide) groups is 2. The molecule has 0 heterocycles. The smallest absolute Gasteiger partial charge is 0.247 e. The number of benzene rings is 1. The molecule has 0 aromatic heterocycles. The van der Waals surface area contributed by atoms with Gasteiger partial charge in [-0.2, -0.15) is 0 Å². The molecule has 24 heavy (non-hydrogen) atoms. The van der Waals surface area contributed by atoms with Crippen LogP contribution in [0.2, 0.25) is 0 Å². The predicted molar refractivity (Wildman–Crippen MR) is 107 cm³/mol. The number of rotatable bonds is 7. The standard InChI is InChI=1S/C18H26N2O2S2/c1-6-10-15(19-18(23-4)24-5)17(22)20(3)13(2)16(21)14-11-8-7-9-12-14/h6-9,11-13,15-16,21H,1,10H2,2-5H3/t13-,15+,16+/m0/s1. The van der Waals surface area contributed by atoms with Gasteiger partial charge in [0.25, 0.3) is 0 Å². The topological polar surface area (TPSA) is 52.9 Å². The molecule has 1 aromatic rings. The Bertz CT molecular complexity index is 557. The molecule has 1 N–H and O–H groups in total. The zero-order valence-electron chi connectivity index (χ0n) is 14.7. The van der Waals surface area contributed by atoms with Crippen molar-refractivity contribution in [3.8, 4) is 0 Å². The van der Waals surface area contributed by atoms with Crippen LogP contribution in [0.15, 0.2) is 48.0 Å². The molecular weight excluding hydrogens is 340 g/mol. The van der Waals surface area contributed by atoms with Gasteiger partial charge in [0.15, 0.2) is 0 Å². The second-order valence-corrected chi connectivity index (χ2v) is 7.24. The minimum Gasteiger partial charge on any atom is -0.386 e. The molecule has 0 fully saturated rings. The van der Waals surface area contributed by atoms with Crippen molar-refractivity contribution < 1.29 is 9.90 Å². The molecule has 132 valence electrons. The molecule has 0 aliphatic carbocycles.